The van der Waals surface area contributed by atoms with Gasteiger partial charge in [0, 0.05) is 13.2 Å². The average Bonchev–Trinajstić information content (AvgIpc) is 3.35. The van der Waals surface area contributed by atoms with Crippen molar-refractivity contribution in [3.8, 4) is 0 Å². The molecule has 4 N–H and O–H groups in total. The number of imide groups is 2. The Balaban J connectivity index is 1.52. The van der Waals surface area contributed by atoms with Crippen LogP contribution in [0.2, 0.25) is 0 Å². The van der Waals surface area contributed by atoms with E-state index in [0.717, 1.165) is 21.9 Å². The Bertz CT molecular complexity index is 1710. The Morgan fingerprint density at radius 1 is 0.548 bits per heavy atom. The van der Waals surface area contributed by atoms with E-state index in [1.807, 2.05) is 0 Å². The maximum Gasteiger partial charge on any atom is 0.335 e. The molecule has 0 spiro atoms. The fourth-order valence-corrected chi connectivity index (χ4v) is 5.38. The van der Waals surface area contributed by atoms with E-state index in [-0.39, 0.29) is 72.5 Å². The Morgan fingerprint density at radius 3 is 1.48 bits per heavy atom. The van der Waals surface area contributed by atoms with Gasteiger partial charge in [-0.1, -0.05) is 12.1 Å². The quantitative estimate of drug-likeness (QED) is 0.260. The number of carboxylic acid groups (broad SMARTS) is 2. The summed E-state index contributed by atoms with van der Waals surface area (Å²) in [6.45, 7) is -1.12. The predicted octanol–water partition coefficient (Wildman–Crippen LogP) is 1.74. The molecule has 42 heavy (non-hydrogen) atoms. The molecule has 214 valence electrons. The first kappa shape index (κ1) is 28.3. The number of aliphatic hydroxyl groups is 2. The van der Waals surface area contributed by atoms with Gasteiger partial charge in [-0.2, -0.15) is 0 Å². The van der Waals surface area contributed by atoms with E-state index in [2.05, 4.69) is 0 Å². The number of hydrogen-bond donors (Lipinski definition) is 4. The molecular formula is C30H24N2O10. The standard InChI is InChI=1S/C30H24N2O10/c33-9-7-15-1-2-18(13-31-25(35)20-5-3-16(29(39)40)11-22(20)27(31)37)19(8-10-34)24(15)14-32-26(36)21-6-4-17(30(41)42)12-23(21)28(32)38/h1-6,11-12,33-34H,7-10,13-14H2,(H,39,40)(H,41,42). The predicted molar refractivity (Wildman–Crippen MR) is 143 cm³/mol. The first-order valence-corrected chi connectivity index (χ1v) is 12.9. The summed E-state index contributed by atoms with van der Waals surface area (Å²) in [5.41, 5.74) is 1.60. The topological polar surface area (TPSA) is 190 Å². The highest BCUT2D eigenvalue weighted by molar-refractivity contribution is 6.22. The number of carboxylic acids is 2. The van der Waals surface area contributed by atoms with Crippen molar-refractivity contribution in [3.05, 3.63) is 104 Å². The van der Waals surface area contributed by atoms with E-state index in [1.165, 1.54) is 24.3 Å². The van der Waals surface area contributed by atoms with Gasteiger partial charge < -0.3 is 20.4 Å². The van der Waals surface area contributed by atoms with Crippen LogP contribution in [-0.4, -0.2) is 79.0 Å². The van der Waals surface area contributed by atoms with Crippen molar-refractivity contribution in [1.29, 1.82) is 0 Å². The smallest absolute Gasteiger partial charge is 0.335 e. The molecule has 5 rings (SSSR count). The van der Waals surface area contributed by atoms with Crippen LogP contribution in [0.4, 0.5) is 0 Å². The first-order chi connectivity index (χ1) is 20.1. The molecule has 0 bridgehead atoms. The van der Waals surface area contributed by atoms with Crippen molar-refractivity contribution < 1.29 is 49.2 Å². The molecule has 12 nitrogen and oxygen atoms in total. The van der Waals surface area contributed by atoms with Crippen LogP contribution < -0.4 is 0 Å². The third-order valence-corrected chi connectivity index (χ3v) is 7.45. The van der Waals surface area contributed by atoms with Gasteiger partial charge >= 0.3 is 11.9 Å². The Hall–Kier alpha value is -5.20. The SMILES string of the molecule is O=C(O)c1ccc2c(c1)C(=O)N(Cc1ccc(CCO)c(CN3C(=O)c4ccc(C(=O)O)cc4C3=O)c1CCO)C2=O. The van der Waals surface area contributed by atoms with Crippen LogP contribution in [-0.2, 0) is 25.9 Å². The second-order valence-corrected chi connectivity index (χ2v) is 9.81. The van der Waals surface area contributed by atoms with Gasteiger partial charge in [0.05, 0.1) is 46.5 Å². The summed E-state index contributed by atoms with van der Waals surface area (Å²) >= 11 is 0. The van der Waals surface area contributed by atoms with Crippen molar-refractivity contribution in [2.45, 2.75) is 25.9 Å². The summed E-state index contributed by atoms with van der Waals surface area (Å²) < 4.78 is 0. The Labute approximate surface area is 238 Å². The number of fused-ring (bicyclic) bond motifs is 2. The van der Waals surface area contributed by atoms with Gasteiger partial charge in [0.15, 0.2) is 0 Å². The van der Waals surface area contributed by atoms with Gasteiger partial charge in [-0.25, -0.2) is 9.59 Å². The summed E-state index contributed by atoms with van der Waals surface area (Å²) in [6, 6.07) is 10.6. The van der Waals surface area contributed by atoms with Crippen LogP contribution >= 0.6 is 0 Å². The lowest BCUT2D eigenvalue weighted by atomic mass is 9.91. The number of aliphatic hydroxyl groups excluding tert-OH is 2. The third-order valence-electron chi connectivity index (χ3n) is 7.45. The third kappa shape index (κ3) is 4.72. The minimum Gasteiger partial charge on any atom is -0.478 e. The molecule has 2 heterocycles. The molecule has 12 heteroatoms. The summed E-state index contributed by atoms with van der Waals surface area (Å²) in [6.07, 6.45) is 0.175. The van der Waals surface area contributed by atoms with E-state index in [1.54, 1.807) is 12.1 Å². The highest BCUT2D eigenvalue weighted by Gasteiger charge is 2.39. The number of rotatable bonds is 10. The minimum absolute atomic E-state index is 0.0304. The molecule has 0 aromatic heterocycles. The molecule has 0 aliphatic carbocycles. The van der Waals surface area contributed by atoms with Crippen LogP contribution in [0.1, 0.15) is 84.4 Å². The van der Waals surface area contributed by atoms with Crippen LogP contribution in [0.3, 0.4) is 0 Å². The number of hydrogen-bond acceptors (Lipinski definition) is 8. The van der Waals surface area contributed by atoms with E-state index < -0.39 is 35.6 Å². The molecule has 2 aliphatic heterocycles. The molecule has 0 unspecified atom stereocenters. The zero-order valence-corrected chi connectivity index (χ0v) is 22.0. The molecule has 0 atom stereocenters. The molecule has 3 aromatic carbocycles. The summed E-state index contributed by atoms with van der Waals surface area (Å²) in [7, 11) is 0. The van der Waals surface area contributed by atoms with E-state index in [9.17, 15) is 49.2 Å². The fourth-order valence-electron chi connectivity index (χ4n) is 5.38. The average molecular weight is 573 g/mol. The molecule has 0 saturated heterocycles. The maximum atomic E-state index is 13.2. The van der Waals surface area contributed by atoms with Crippen molar-refractivity contribution in [2.75, 3.05) is 13.2 Å². The monoisotopic (exact) mass is 572 g/mol. The molecule has 0 radical (unpaired) electrons. The van der Waals surface area contributed by atoms with Crippen molar-refractivity contribution in [1.82, 2.24) is 9.80 Å². The second kappa shape index (κ2) is 11.0. The van der Waals surface area contributed by atoms with Crippen LogP contribution in [0, 0.1) is 0 Å². The number of aromatic carboxylic acids is 2. The Morgan fingerprint density at radius 2 is 1.00 bits per heavy atom. The van der Waals surface area contributed by atoms with Crippen LogP contribution in [0.15, 0.2) is 48.5 Å². The van der Waals surface area contributed by atoms with Gasteiger partial charge in [0.1, 0.15) is 0 Å². The van der Waals surface area contributed by atoms with Gasteiger partial charge in [0.25, 0.3) is 23.6 Å². The van der Waals surface area contributed by atoms with E-state index >= 15 is 0 Å². The summed E-state index contributed by atoms with van der Waals surface area (Å²) in [4.78, 5) is 77.4. The number of nitrogens with zero attached hydrogens (tertiary/aromatic N) is 2. The first-order valence-electron chi connectivity index (χ1n) is 12.9. The maximum absolute atomic E-state index is 13.2. The lowest BCUT2D eigenvalue weighted by Gasteiger charge is -2.24. The minimum atomic E-state index is -1.26. The number of amides is 4. The van der Waals surface area contributed by atoms with Gasteiger partial charge in [-0.05, 0) is 71.5 Å². The van der Waals surface area contributed by atoms with E-state index in [4.69, 9.17) is 0 Å². The van der Waals surface area contributed by atoms with Gasteiger partial charge in [-0.3, -0.25) is 29.0 Å². The molecule has 0 fully saturated rings. The molecule has 0 saturated carbocycles. The zero-order chi connectivity index (χ0) is 30.3. The zero-order valence-electron chi connectivity index (χ0n) is 22.0. The highest BCUT2D eigenvalue weighted by Crippen LogP contribution is 2.32. The molecule has 4 amide bonds. The highest BCUT2D eigenvalue weighted by atomic mass is 16.4. The number of carbonyl (C=O) groups is 6. The summed E-state index contributed by atoms with van der Waals surface area (Å²) in [5, 5.41) is 38.2. The summed E-state index contributed by atoms with van der Waals surface area (Å²) in [5.74, 6) is -5.17. The fraction of sp³-hybridized carbons (Fsp3) is 0.200. The molecule has 2 aliphatic rings. The lowest BCUT2D eigenvalue weighted by molar-refractivity contribution is 0.0629. The Kier molecular flexibility index (Phi) is 7.42. The normalized spacial score (nSPS) is 14.0. The lowest BCUT2D eigenvalue weighted by Crippen LogP contribution is -2.32. The van der Waals surface area contributed by atoms with Gasteiger partial charge in [0.2, 0.25) is 0 Å². The molecule has 3 aromatic rings. The number of carbonyl (C=O) groups excluding carboxylic acids is 4. The van der Waals surface area contributed by atoms with Gasteiger partial charge in [-0.15, -0.1) is 0 Å². The van der Waals surface area contributed by atoms with E-state index in [0.29, 0.717) is 22.3 Å². The van der Waals surface area contributed by atoms with Crippen molar-refractivity contribution in [3.63, 3.8) is 0 Å². The van der Waals surface area contributed by atoms with Crippen LogP contribution in [0.5, 0.6) is 0 Å². The van der Waals surface area contributed by atoms with Crippen LogP contribution in [0.25, 0.3) is 0 Å². The number of benzene rings is 3. The van der Waals surface area contributed by atoms with Crippen molar-refractivity contribution in [2.24, 2.45) is 0 Å². The molecular weight excluding hydrogens is 548 g/mol. The van der Waals surface area contributed by atoms with Crippen molar-refractivity contribution >= 4 is 35.6 Å². The largest absolute Gasteiger partial charge is 0.478 e. The second-order valence-electron chi connectivity index (χ2n) is 9.81.